The Bertz CT molecular complexity index is 811. The predicted molar refractivity (Wildman–Crippen MR) is 96.4 cm³/mol. The number of anilines is 1. The molecule has 0 radical (unpaired) electrons. The average Bonchev–Trinajstić information content (AvgIpc) is 2.54. The number of rotatable bonds is 6. The number of hydrogen-bond acceptors (Lipinski definition) is 5. The zero-order valence-corrected chi connectivity index (χ0v) is 15.9. The lowest BCUT2D eigenvalue weighted by molar-refractivity contribution is 0.0711. The van der Waals surface area contributed by atoms with Gasteiger partial charge in [-0.05, 0) is 44.0 Å². The van der Waals surface area contributed by atoms with Gasteiger partial charge < -0.3 is 4.90 Å². The third-order valence-corrected chi connectivity index (χ3v) is 6.00. The van der Waals surface area contributed by atoms with E-state index in [-0.39, 0.29) is 17.7 Å². The molecular weight excluding hydrogens is 366 g/mol. The van der Waals surface area contributed by atoms with Crippen LogP contribution >= 0.6 is 0 Å². The second kappa shape index (κ2) is 7.71. The molecule has 1 aromatic carbocycles. The molecular formula is C15H23N3O5S2. The van der Waals surface area contributed by atoms with Crippen molar-refractivity contribution < 1.29 is 21.6 Å². The van der Waals surface area contributed by atoms with Crippen LogP contribution in [0.25, 0.3) is 0 Å². The summed E-state index contributed by atoms with van der Waals surface area (Å²) in [7, 11) is -6.59. The summed E-state index contributed by atoms with van der Waals surface area (Å²) in [6.07, 6.45) is 2.19. The number of nitrogens with zero attached hydrogens (tertiary/aromatic N) is 1. The van der Waals surface area contributed by atoms with Crippen molar-refractivity contribution in [2.24, 2.45) is 0 Å². The van der Waals surface area contributed by atoms with E-state index in [2.05, 4.69) is 9.44 Å². The van der Waals surface area contributed by atoms with Crippen molar-refractivity contribution in [1.29, 1.82) is 0 Å². The molecule has 1 amide bonds. The lowest BCUT2D eigenvalue weighted by atomic mass is 10.0. The third-order valence-electron chi connectivity index (χ3n) is 3.94. The Morgan fingerprint density at radius 3 is 2.16 bits per heavy atom. The van der Waals surface area contributed by atoms with Gasteiger partial charge in [0, 0.05) is 30.4 Å². The molecule has 0 aromatic heterocycles. The first-order valence-electron chi connectivity index (χ1n) is 7.97. The summed E-state index contributed by atoms with van der Waals surface area (Å²) < 4.78 is 50.5. The lowest BCUT2D eigenvalue weighted by Gasteiger charge is -2.32. The van der Waals surface area contributed by atoms with Crippen LogP contribution in [0, 0.1) is 0 Å². The van der Waals surface area contributed by atoms with Crippen molar-refractivity contribution in [3.8, 4) is 0 Å². The Kier molecular flexibility index (Phi) is 6.07. The van der Waals surface area contributed by atoms with E-state index in [4.69, 9.17) is 0 Å². The zero-order chi connectivity index (χ0) is 18.7. The van der Waals surface area contributed by atoms with Crippen LogP contribution in [0.5, 0.6) is 0 Å². The van der Waals surface area contributed by atoms with E-state index in [9.17, 15) is 21.6 Å². The van der Waals surface area contributed by atoms with Crippen molar-refractivity contribution in [2.45, 2.75) is 25.8 Å². The van der Waals surface area contributed by atoms with Crippen molar-refractivity contribution in [3.63, 3.8) is 0 Å². The van der Waals surface area contributed by atoms with Crippen molar-refractivity contribution in [1.82, 2.24) is 9.62 Å². The SMILES string of the molecule is CCS(=O)(=O)NC1CCN(C(=O)c2ccc(NS(C)(=O)=O)cc2)CC1. The van der Waals surface area contributed by atoms with E-state index in [0.717, 1.165) is 6.26 Å². The minimum absolute atomic E-state index is 0.0417. The van der Waals surface area contributed by atoms with Crippen LogP contribution in [-0.4, -0.2) is 58.8 Å². The lowest BCUT2D eigenvalue weighted by Crippen LogP contribution is -2.46. The minimum atomic E-state index is -3.36. The molecule has 0 spiro atoms. The molecule has 2 rings (SSSR count). The fourth-order valence-corrected chi connectivity index (χ4v) is 4.09. The van der Waals surface area contributed by atoms with Gasteiger partial charge in [0.1, 0.15) is 0 Å². The average molecular weight is 389 g/mol. The topological polar surface area (TPSA) is 113 Å². The van der Waals surface area contributed by atoms with Gasteiger partial charge in [-0.3, -0.25) is 9.52 Å². The predicted octanol–water partition coefficient (Wildman–Crippen LogP) is 0.602. The molecule has 8 nitrogen and oxygen atoms in total. The fourth-order valence-electron chi connectivity index (χ4n) is 2.62. The van der Waals surface area contributed by atoms with Crippen LogP contribution in [0.3, 0.4) is 0 Å². The smallest absolute Gasteiger partial charge is 0.253 e. The minimum Gasteiger partial charge on any atom is -0.339 e. The number of likely N-dealkylation sites (tertiary alicyclic amines) is 1. The highest BCUT2D eigenvalue weighted by atomic mass is 32.2. The maximum absolute atomic E-state index is 12.5. The Labute approximate surface area is 148 Å². The first-order chi connectivity index (χ1) is 11.6. The summed E-state index contributed by atoms with van der Waals surface area (Å²) in [5.41, 5.74) is 0.860. The molecule has 1 saturated heterocycles. The summed E-state index contributed by atoms with van der Waals surface area (Å²) in [6, 6.07) is 6.08. The largest absolute Gasteiger partial charge is 0.339 e. The van der Waals surface area contributed by atoms with Crippen molar-refractivity contribution in [3.05, 3.63) is 29.8 Å². The highest BCUT2D eigenvalue weighted by Gasteiger charge is 2.25. The van der Waals surface area contributed by atoms with Crippen molar-refractivity contribution >= 4 is 31.6 Å². The Hall–Kier alpha value is -1.65. The van der Waals surface area contributed by atoms with Crippen LogP contribution in [0.4, 0.5) is 5.69 Å². The molecule has 1 fully saturated rings. The number of piperidine rings is 1. The molecule has 0 bridgehead atoms. The van der Waals surface area contributed by atoms with Crippen LogP contribution in [0.2, 0.25) is 0 Å². The van der Waals surface area contributed by atoms with Gasteiger partial charge in [0.15, 0.2) is 0 Å². The fraction of sp³-hybridized carbons (Fsp3) is 0.533. The normalized spacial score (nSPS) is 16.6. The second-order valence-electron chi connectivity index (χ2n) is 6.04. The number of benzene rings is 1. The van der Waals surface area contributed by atoms with E-state index in [1.165, 1.54) is 12.1 Å². The summed E-state index contributed by atoms with van der Waals surface area (Å²) >= 11 is 0. The maximum atomic E-state index is 12.5. The molecule has 0 aliphatic carbocycles. The first kappa shape index (κ1) is 19.7. The summed E-state index contributed by atoms with van der Waals surface area (Å²) in [4.78, 5) is 14.2. The highest BCUT2D eigenvalue weighted by molar-refractivity contribution is 7.92. The van der Waals surface area contributed by atoms with Crippen LogP contribution in [0.1, 0.15) is 30.1 Å². The van der Waals surface area contributed by atoms with Gasteiger partial charge in [-0.15, -0.1) is 0 Å². The third kappa shape index (κ3) is 5.98. The van der Waals surface area contributed by atoms with Gasteiger partial charge in [0.2, 0.25) is 20.0 Å². The molecule has 1 aliphatic rings. The maximum Gasteiger partial charge on any atom is 0.253 e. The molecule has 2 N–H and O–H groups in total. The second-order valence-corrected chi connectivity index (χ2v) is 9.83. The Balaban J connectivity index is 1.94. The number of sulfonamides is 2. The number of carbonyl (C=O) groups excluding carboxylic acids is 1. The van der Waals surface area contributed by atoms with Gasteiger partial charge >= 0.3 is 0 Å². The van der Waals surface area contributed by atoms with E-state index in [0.29, 0.717) is 37.2 Å². The molecule has 25 heavy (non-hydrogen) atoms. The Morgan fingerprint density at radius 2 is 1.68 bits per heavy atom. The Morgan fingerprint density at radius 1 is 1.12 bits per heavy atom. The summed E-state index contributed by atoms with van der Waals surface area (Å²) in [6.45, 7) is 2.53. The van der Waals surface area contributed by atoms with Crippen LogP contribution < -0.4 is 9.44 Å². The van der Waals surface area contributed by atoms with Crippen LogP contribution in [-0.2, 0) is 20.0 Å². The number of hydrogen-bond donors (Lipinski definition) is 2. The summed E-state index contributed by atoms with van der Waals surface area (Å²) in [5.74, 6) is -0.109. The molecule has 140 valence electrons. The molecule has 1 aliphatic heterocycles. The zero-order valence-electron chi connectivity index (χ0n) is 14.2. The van der Waals surface area contributed by atoms with E-state index in [1.54, 1.807) is 24.0 Å². The highest BCUT2D eigenvalue weighted by Crippen LogP contribution is 2.17. The quantitative estimate of drug-likeness (QED) is 0.740. The molecule has 10 heteroatoms. The number of amides is 1. The standard InChI is InChI=1S/C15H23N3O5S2/c1-3-25(22,23)17-14-8-10-18(11-9-14)15(19)12-4-6-13(7-5-12)16-24(2,20)21/h4-7,14,16-17H,3,8-11H2,1-2H3. The van der Waals surface area contributed by atoms with E-state index in [1.807, 2.05) is 0 Å². The molecule has 0 saturated carbocycles. The first-order valence-corrected chi connectivity index (χ1v) is 11.5. The van der Waals surface area contributed by atoms with Gasteiger partial charge in [0.25, 0.3) is 5.91 Å². The molecule has 0 unspecified atom stereocenters. The number of nitrogens with one attached hydrogen (secondary N) is 2. The van der Waals surface area contributed by atoms with Gasteiger partial charge in [-0.25, -0.2) is 21.6 Å². The monoisotopic (exact) mass is 389 g/mol. The van der Waals surface area contributed by atoms with Crippen LogP contribution in [0.15, 0.2) is 24.3 Å². The van der Waals surface area contributed by atoms with E-state index < -0.39 is 20.0 Å². The van der Waals surface area contributed by atoms with Gasteiger partial charge in [-0.2, -0.15) is 0 Å². The summed E-state index contributed by atoms with van der Waals surface area (Å²) in [5, 5.41) is 0. The van der Waals surface area contributed by atoms with Crippen molar-refractivity contribution in [2.75, 3.05) is 29.8 Å². The van der Waals surface area contributed by atoms with E-state index >= 15 is 0 Å². The number of carbonyl (C=O) groups is 1. The molecule has 0 atom stereocenters. The molecule has 1 heterocycles. The van der Waals surface area contributed by atoms with Gasteiger partial charge in [-0.1, -0.05) is 0 Å². The molecule has 1 aromatic rings. The van der Waals surface area contributed by atoms with Gasteiger partial charge in [0.05, 0.1) is 12.0 Å².